The molecule has 0 aliphatic carbocycles. The lowest BCUT2D eigenvalue weighted by Crippen LogP contribution is -2.31. The summed E-state index contributed by atoms with van der Waals surface area (Å²) >= 11 is 5.96. The van der Waals surface area contributed by atoms with E-state index in [1.165, 1.54) is 7.11 Å². The van der Waals surface area contributed by atoms with Crippen LogP contribution < -0.4 is 10.1 Å². The summed E-state index contributed by atoms with van der Waals surface area (Å²) in [6.07, 6.45) is 0. The first kappa shape index (κ1) is 13.3. The van der Waals surface area contributed by atoms with Crippen LogP contribution in [0.25, 0.3) is 0 Å². The van der Waals surface area contributed by atoms with Crippen LogP contribution in [0.2, 0.25) is 5.02 Å². The fraction of sp³-hybridized carbons (Fsp3) is 0.273. The Morgan fingerprint density at radius 1 is 1.35 bits per heavy atom. The van der Waals surface area contributed by atoms with E-state index in [1.54, 1.807) is 18.2 Å². The maximum Gasteiger partial charge on any atom is 0.396 e. The SMILES string of the molecule is COC(=O)C(=O)NCc1ccc(OC)cc1Cl. The number of hydrogen-bond acceptors (Lipinski definition) is 4. The molecule has 0 aliphatic heterocycles. The van der Waals surface area contributed by atoms with E-state index in [0.717, 1.165) is 7.11 Å². The van der Waals surface area contributed by atoms with Crippen LogP contribution in [0.5, 0.6) is 5.75 Å². The second-order valence-electron chi connectivity index (χ2n) is 3.13. The van der Waals surface area contributed by atoms with Crippen LogP contribution in [0, 0.1) is 0 Å². The highest BCUT2D eigenvalue weighted by Gasteiger charge is 2.13. The minimum absolute atomic E-state index is 0.150. The van der Waals surface area contributed by atoms with Gasteiger partial charge in [-0.3, -0.25) is 4.79 Å². The number of esters is 1. The summed E-state index contributed by atoms with van der Waals surface area (Å²) < 4.78 is 9.25. The van der Waals surface area contributed by atoms with E-state index in [-0.39, 0.29) is 6.54 Å². The van der Waals surface area contributed by atoms with Crippen molar-refractivity contribution >= 4 is 23.5 Å². The van der Waals surface area contributed by atoms with Gasteiger partial charge in [0.1, 0.15) is 5.75 Å². The first-order chi connectivity index (χ1) is 8.08. The van der Waals surface area contributed by atoms with Crippen LogP contribution in [0.3, 0.4) is 0 Å². The number of ether oxygens (including phenoxy) is 2. The molecule has 1 amide bonds. The van der Waals surface area contributed by atoms with Crippen molar-refractivity contribution in [1.29, 1.82) is 0 Å². The minimum Gasteiger partial charge on any atom is -0.497 e. The number of benzene rings is 1. The Balaban J connectivity index is 2.64. The average Bonchev–Trinajstić information content (AvgIpc) is 2.35. The predicted octanol–water partition coefficient (Wildman–Crippen LogP) is 1.14. The standard InChI is InChI=1S/C11H12ClNO4/c1-16-8-4-3-7(9(12)5-8)6-13-10(14)11(15)17-2/h3-5H,6H2,1-2H3,(H,13,14). The molecule has 1 aromatic carbocycles. The third-order valence-electron chi connectivity index (χ3n) is 2.07. The van der Waals surface area contributed by atoms with Crippen molar-refractivity contribution in [2.45, 2.75) is 6.54 Å². The second-order valence-corrected chi connectivity index (χ2v) is 3.54. The van der Waals surface area contributed by atoms with Gasteiger partial charge >= 0.3 is 11.9 Å². The van der Waals surface area contributed by atoms with Gasteiger partial charge < -0.3 is 14.8 Å². The van der Waals surface area contributed by atoms with Gasteiger partial charge in [0.2, 0.25) is 0 Å². The van der Waals surface area contributed by atoms with Crippen molar-refractivity contribution in [3.63, 3.8) is 0 Å². The van der Waals surface area contributed by atoms with Crippen molar-refractivity contribution in [3.8, 4) is 5.75 Å². The van der Waals surface area contributed by atoms with Crippen LogP contribution in [0.1, 0.15) is 5.56 Å². The van der Waals surface area contributed by atoms with E-state index < -0.39 is 11.9 Å². The van der Waals surface area contributed by atoms with Gasteiger partial charge in [0.05, 0.1) is 14.2 Å². The van der Waals surface area contributed by atoms with Gasteiger partial charge in [0, 0.05) is 11.6 Å². The summed E-state index contributed by atoms with van der Waals surface area (Å²) in [7, 11) is 2.67. The summed E-state index contributed by atoms with van der Waals surface area (Å²) in [6.45, 7) is 0.150. The maximum absolute atomic E-state index is 11.1. The molecule has 1 N–H and O–H groups in total. The van der Waals surface area contributed by atoms with E-state index in [4.69, 9.17) is 16.3 Å². The molecule has 92 valence electrons. The Morgan fingerprint density at radius 2 is 2.06 bits per heavy atom. The van der Waals surface area contributed by atoms with Crippen LogP contribution in [-0.4, -0.2) is 26.1 Å². The van der Waals surface area contributed by atoms with E-state index in [2.05, 4.69) is 10.1 Å². The molecule has 0 saturated carbocycles. The number of halogens is 1. The molecule has 0 heterocycles. The molecule has 0 bridgehead atoms. The molecule has 1 aromatic rings. The summed E-state index contributed by atoms with van der Waals surface area (Å²) in [4.78, 5) is 22.0. The summed E-state index contributed by atoms with van der Waals surface area (Å²) in [5, 5.41) is 2.84. The Morgan fingerprint density at radius 3 is 2.59 bits per heavy atom. The van der Waals surface area contributed by atoms with Gasteiger partial charge in [0.15, 0.2) is 0 Å². The average molecular weight is 258 g/mol. The Bertz CT molecular complexity index is 433. The largest absolute Gasteiger partial charge is 0.497 e. The third-order valence-corrected chi connectivity index (χ3v) is 2.42. The summed E-state index contributed by atoms with van der Waals surface area (Å²) in [6, 6.07) is 5.05. The normalized spacial score (nSPS) is 9.59. The highest BCUT2D eigenvalue weighted by molar-refractivity contribution is 6.33. The van der Waals surface area contributed by atoms with Crippen LogP contribution in [0.15, 0.2) is 18.2 Å². The molecular formula is C11H12ClNO4. The topological polar surface area (TPSA) is 64.6 Å². The minimum atomic E-state index is -0.936. The van der Waals surface area contributed by atoms with Gasteiger partial charge in [-0.05, 0) is 17.7 Å². The molecule has 17 heavy (non-hydrogen) atoms. The van der Waals surface area contributed by atoms with Crippen molar-refractivity contribution in [2.75, 3.05) is 14.2 Å². The predicted molar refractivity (Wildman–Crippen MR) is 61.9 cm³/mol. The zero-order chi connectivity index (χ0) is 12.8. The Kier molecular flexibility index (Phi) is 4.78. The first-order valence-corrected chi connectivity index (χ1v) is 5.15. The highest BCUT2D eigenvalue weighted by atomic mass is 35.5. The lowest BCUT2D eigenvalue weighted by molar-refractivity contribution is -0.152. The van der Waals surface area contributed by atoms with Gasteiger partial charge in [0.25, 0.3) is 0 Å². The fourth-order valence-electron chi connectivity index (χ4n) is 1.14. The van der Waals surface area contributed by atoms with E-state index in [1.807, 2.05) is 0 Å². The first-order valence-electron chi connectivity index (χ1n) is 4.77. The van der Waals surface area contributed by atoms with Crippen LogP contribution >= 0.6 is 11.6 Å². The van der Waals surface area contributed by atoms with Gasteiger partial charge in [-0.1, -0.05) is 17.7 Å². The monoisotopic (exact) mass is 257 g/mol. The third kappa shape index (κ3) is 3.64. The number of hydrogen-bond donors (Lipinski definition) is 1. The molecule has 0 unspecified atom stereocenters. The molecule has 0 aliphatic rings. The number of carbonyl (C=O) groups excluding carboxylic acids is 2. The highest BCUT2D eigenvalue weighted by Crippen LogP contribution is 2.22. The van der Waals surface area contributed by atoms with Gasteiger partial charge in [-0.2, -0.15) is 0 Å². The molecule has 0 aromatic heterocycles. The number of carbonyl (C=O) groups is 2. The molecule has 5 nitrogen and oxygen atoms in total. The smallest absolute Gasteiger partial charge is 0.396 e. The van der Waals surface area contributed by atoms with Crippen LogP contribution in [0.4, 0.5) is 0 Å². The second kappa shape index (κ2) is 6.10. The summed E-state index contributed by atoms with van der Waals surface area (Å²) in [5.41, 5.74) is 0.685. The number of nitrogens with one attached hydrogen (secondary N) is 1. The van der Waals surface area contributed by atoms with Crippen molar-refractivity contribution in [3.05, 3.63) is 28.8 Å². The molecule has 0 atom stereocenters. The van der Waals surface area contributed by atoms with E-state index in [0.29, 0.717) is 16.3 Å². The zero-order valence-corrected chi connectivity index (χ0v) is 10.2. The van der Waals surface area contributed by atoms with Crippen molar-refractivity contribution in [1.82, 2.24) is 5.32 Å². The number of methoxy groups -OCH3 is 2. The lowest BCUT2D eigenvalue weighted by atomic mass is 10.2. The maximum atomic E-state index is 11.1. The molecule has 6 heteroatoms. The molecular weight excluding hydrogens is 246 g/mol. The van der Waals surface area contributed by atoms with E-state index >= 15 is 0 Å². The molecule has 0 saturated heterocycles. The van der Waals surface area contributed by atoms with Crippen LogP contribution in [-0.2, 0) is 20.9 Å². The van der Waals surface area contributed by atoms with Gasteiger partial charge in [-0.15, -0.1) is 0 Å². The number of amides is 1. The van der Waals surface area contributed by atoms with Crippen molar-refractivity contribution < 1.29 is 19.1 Å². The molecule has 1 rings (SSSR count). The summed E-state index contributed by atoms with van der Waals surface area (Å²) in [5.74, 6) is -1.12. The molecule has 0 spiro atoms. The van der Waals surface area contributed by atoms with E-state index in [9.17, 15) is 9.59 Å². The van der Waals surface area contributed by atoms with Gasteiger partial charge in [-0.25, -0.2) is 4.79 Å². The molecule has 0 fully saturated rings. The zero-order valence-electron chi connectivity index (χ0n) is 9.45. The fourth-order valence-corrected chi connectivity index (χ4v) is 1.38. The Hall–Kier alpha value is -1.75. The van der Waals surface area contributed by atoms with Crippen molar-refractivity contribution in [2.24, 2.45) is 0 Å². The Labute approximate surface area is 104 Å². The quantitative estimate of drug-likeness (QED) is 0.651. The lowest BCUT2D eigenvalue weighted by Gasteiger charge is -2.07. The number of rotatable bonds is 3. The molecule has 0 radical (unpaired) electrons.